The third-order valence-electron chi connectivity index (χ3n) is 3.53. The van der Waals surface area contributed by atoms with Crippen LogP contribution in [0, 0.1) is 0 Å². The average molecular weight is 266 g/mol. The van der Waals surface area contributed by atoms with Gasteiger partial charge < -0.3 is 15.8 Å². The Hall–Kier alpha value is -1.06. The molecular weight excluding hydrogens is 236 g/mol. The molecule has 1 rings (SSSR count). The molecule has 108 valence electrons. The van der Waals surface area contributed by atoms with Crippen molar-refractivity contribution in [3.8, 4) is 5.75 Å². The maximum absolute atomic E-state index is 5.94. The van der Waals surface area contributed by atoms with Crippen LogP contribution in [0.1, 0.15) is 44.6 Å². The first kappa shape index (κ1) is 16.0. The normalized spacial score (nSPS) is 12.4. The van der Waals surface area contributed by atoms with E-state index in [1.807, 2.05) is 0 Å². The maximum Gasteiger partial charge on any atom is 0.125 e. The van der Waals surface area contributed by atoms with Crippen LogP contribution in [-0.4, -0.2) is 26.2 Å². The second kappa shape index (κ2) is 9.82. The minimum atomic E-state index is 0.571. The number of ether oxygens (including phenoxy) is 1. The molecule has 0 heterocycles. The molecule has 0 saturated carbocycles. The molecule has 0 radical (unpaired) electrons. The number of hydrogen-bond donors (Lipinski definition) is 2. The third-order valence-corrected chi connectivity index (χ3v) is 3.53. The highest BCUT2D eigenvalue weighted by atomic mass is 16.5. The highest BCUT2D eigenvalue weighted by molar-refractivity contribution is 5.35. The molecule has 0 fully saturated rings. The van der Waals surface area contributed by atoms with Gasteiger partial charge in [0.25, 0.3) is 0 Å². The number of benzene rings is 1. The summed E-state index contributed by atoms with van der Waals surface area (Å²) in [5.41, 5.74) is 5.18. The van der Waals surface area contributed by atoms with Gasteiger partial charge in [-0.15, -0.1) is 0 Å². The molecule has 0 bridgehead atoms. The second-order valence-corrected chi connectivity index (χ2v) is 5.12. The van der Waals surface area contributed by atoms with Crippen molar-refractivity contribution in [2.45, 2.75) is 39.0 Å². The minimum absolute atomic E-state index is 0.571. The highest BCUT2D eigenvalue weighted by Gasteiger charge is 2.08. The van der Waals surface area contributed by atoms with E-state index in [9.17, 15) is 0 Å². The quantitative estimate of drug-likeness (QED) is 0.614. The van der Waals surface area contributed by atoms with Crippen molar-refractivity contribution in [1.82, 2.24) is 0 Å². The first-order valence-corrected chi connectivity index (χ1v) is 7.62. The molecule has 0 aliphatic rings. The number of nitrogens with two attached hydrogens (primary N) is 1. The van der Waals surface area contributed by atoms with E-state index in [-0.39, 0.29) is 0 Å². The van der Waals surface area contributed by atoms with Gasteiger partial charge in [0.2, 0.25) is 0 Å². The first-order chi connectivity index (χ1) is 9.29. The Morgan fingerprint density at radius 3 is 2.74 bits per heavy atom. The summed E-state index contributed by atoms with van der Waals surface area (Å²) in [7, 11) is 0. The van der Waals surface area contributed by atoms with Crippen molar-refractivity contribution in [1.29, 1.82) is 0 Å². The summed E-state index contributed by atoms with van der Waals surface area (Å²) >= 11 is 0. The fraction of sp³-hybridized carbons (Fsp3) is 0.625. The van der Waals surface area contributed by atoms with Crippen molar-refractivity contribution >= 4 is 0 Å². The van der Waals surface area contributed by atoms with Crippen LogP contribution in [0.15, 0.2) is 24.3 Å². The average Bonchev–Trinajstić information content (AvgIpc) is 2.46. The van der Waals surface area contributed by atoms with E-state index in [1.54, 1.807) is 0 Å². The third kappa shape index (κ3) is 6.08. The monoisotopic (exact) mass is 266 g/mol. The summed E-state index contributed by atoms with van der Waals surface area (Å²) in [6.45, 7) is 8.64. The Balaban J connectivity index is 2.29. The fourth-order valence-electron chi connectivity index (χ4n) is 2.10. The van der Waals surface area contributed by atoms with E-state index in [0.717, 1.165) is 38.3 Å². The Morgan fingerprint density at radius 2 is 2.00 bits per heavy atom. The van der Waals surface area contributed by atoms with Crippen LogP contribution in [0.4, 0.5) is 0 Å². The lowest BCUT2D eigenvalue weighted by atomic mass is 9.98. The summed E-state index contributed by atoms with van der Waals surface area (Å²) in [5.74, 6) is 1.64. The van der Waals surface area contributed by atoms with E-state index < -0.39 is 0 Å². The molecule has 1 aromatic carbocycles. The zero-order valence-electron chi connectivity index (χ0n) is 12.5. The molecular formula is C16H30N2O+2. The highest BCUT2D eigenvalue weighted by Crippen LogP contribution is 2.28. The predicted octanol–water partition coefficient (Wildman–Crippen LogP) is 1.16. The molecule has 5 N–H and O–H groups in total. The van der Waals surface area contributed by atoms with Gasteiger partial charge in [0.05, 0.1) is 13.2 Å². The zero-order chi connectivity index (χ0) is 13.9. The van der Waals surface area contributed by atoms with Gasteiger partial charge in [0.1, 0.15) is 18.8 Å². The molecule has 0 aromatic heterocycles. The topological polar surface area (TPSA) is 53.5 Å². The summed E-state index contributed by atoms with van der Waals surface area (Å²) in [6, 6.07) is 8.44. The van der Waals surface area contributed by atoms with Crippen LogP contribution in [0.5, 0.6) is 5.75 Å². The smallest absolute Gasteiger partial charge is 0.125 e. The largest absolute Gasteiger partial charge is 0.493 e. The van der Waals surface area contributed by atoms with E-state index in [2.05, 4.69) is 49.2 Å². The first-order valence-electron chi connectivity index (χ1n) is 7.62. The SMILES string of the molecule is CC[C@H](C)c1ccccc1OCCCC[NH2+]CC[NH3+]. The number of hydrogen-bond acceptors (Lipinski definition) is 1. The van der Waals surface area contributed by atoms with E-state index >= 15 is 0 Å². The van der Waals surface area contributed by atoms with Gasteiger partial charge in [-0.2, -0.15) is 0 Å². The van der Waals surface area contributed by atoms with Gasteiger partial charge in [-0.25, -0.2) is 0 Å². The Kier molecular flexibility index (Phi) is 8.26. The van der Waals surface area contributed by atoms with Crippen molar-refractivity contribution in [3.05, 3.63) is 29.8 Å². The van der Waals surface area contributed by atoms with Crippen molar-refractivity contribution in [2.75, 3.05) is 26.2 Å². The van der Waals surface area contributed by atoms with Crippen LogP contribution in [0.3, 0.4) is 0 Å². The van der Waals surface area contributed by atoms with Gasteiger partial charge in [-0.1, -0.05) is 32.0 Å². The van der Waals surface area contributed by atoms with Crippen LogP contribution >= 0.6 is 0 Å². The lowest BCUT2D eigenvalue weighted by Gasteiger charge is -2.15. The molecule has 3 nitrogen and oxygen atoms in total. The molecule has 3 heteroatoms. The summed E-state index contributed by atoms with van der Waals surface area (Å²) in [6.07, 6.45) is 3.49. The lowest BCUT2D eigenvalue weighted by molar-refractivity contribution is -0.670. The van der Waals surface area contributed by atoms with Crippen LogP contribution < -0.4 is 15.8 Å². The standard InChI is InChI=1S/C16H28N2O/c1-3-14(2)15-8-4-5-9-16(15)19-13-7-6-11-18-12-10-17/h4-5,8-9,14,18H,3,6-7,10-13,17H2,1-2H3/p+2/t14-/m0/s1. The minimum Gasteiger partial charge on any atom is -0.493 e. The van der Waals surface area contributed by atoms with Crippen molar-refractivity contribution in [3.63, 3.8) is 0 Å². The molecule has 0 saturated heterocycles. The van der Waals surface area contributed by atoms with E-state index in [4.69, 9.17) is 4.74 Å². The van der Waals surface area contributed by atoms with Crippen molar-refractivity contribution < 1.29 is 15.8 Å². The molecule has 0 aliphatic heterocycles. The Morgan fingerprint density at radius 1 is 1.21 bits per heavy atom. The van der Waals surface area contributed by atoms with Crippen LogP contribution in [-0.2, 0) is 0 Å². The zero-order valence-corrected chi connectivity index (χ0v) is 12.5. The van der Waals surface area contributed by atoms with Crippen molar-refractivity contribution in [2.24, 2.45) is 0 Å². The van der Waals surface area contributed by atoms with Crippen LogP contribution in [0.2, 0.25) is 0 Å². The maximum atomic E-state index is 5.94. The number of quaternary nitrogens is 2. The second-order valence-electron chi connectivity index (χ2n) is 5.12. The number of para-hydroxylation sites is 1. The summed E-state index contributed by atoms with van der Waals surface area (Å²) in [5, 5.41) is 2.33. The molecule has 1 atom stereocenters. The molecule has 19 heavy (non-hydrogen) atoms. The number of rotatable bonds is 10. The lowest BCUT2D eigenvalue weighted by Crippen LogP contribution is -2.88. The summed E-state index contributed by atoms with van der Waals surface area (Å²) < 4.78 is 5.94. The summed E-state index contributed by atoms with van der Waals surface area (Å²) in [4.78, 5) is 0. The Labute approximate surface area is 117 Å². The van der Waals surface area contributed by atoms with E-state index in [1.165, 1.54) is 18.5 Å². The molecule has 0 spiro atoms. The Bertz CT molecular complexity index is 341. The molecule has 1 aromatic rings. The predicted molar refractivity (Wildman–Crippen MR) is 79.3 cm³/mol. The van der Waals surface area contributed by atoms with Gasteiger partial charge >= 0.3 is 0 Å². The van der Waals surface area contributed by atoms with E-state index in [0.29, 0.717) is 5.92 Å². The number of unbranched alkanes of at least 4 members (excludes halogenated alkanes) is 1. The van der Waals surface area contributed by atoms with Gasteiger partial charge in [-0.05, 0) is 36.8 Å². The molecule has 0 aliphatic carbocycles. The van der Waals surface area contributed by atoms with Gasteiger partial charge in [0, 0.05) is 0 Å². The van der Waals surface area contributed by atoms with Crippen LogP contribution in [0.25, 0.3) is 0 Å². The van der Waals surface area contributed by atoms with Gasteiger partial charge in [-0.3, -0.25) is 0 Å². The fourth-order valence-corrected chi connectivity index (χ4v) is 2.10. The van der Waals surface area contributed by atoms with Gasteiger partial charge in [0.15, 0.2) is 0 Å². The molecule has 0 unspecified atom stereocenters. The molecule has 0 amide bonds.